The highest BCUT2D eigenvalue weighted by atomic mass is 32.2. The van der Waals surface area contributed by atoms with Crippen molar-refractivity contribution in [2.75, 3.05) is 0 Å². The first-order chi connectivity index (χ1) is 13.8. The van der Waals surface area contributed by atoms with E-state index in [4.69, 9.17) is 21.0 Å². The molecule has 2 N–H and O–H groups in total. The van der Waals surface area contributed by atoms with E-state index in [0.29, 0.717) is 0 Å². The van der Waals surface area contributed by atoms with Gasteiger partial charge in [0, 0.05) is 11.1 Å². The van der Waals surface area contributed by atoms with E-state index in [0.717, 1.165) is 0 Å². The molecule has 0 aliphatic heterocycles. The van der Waals surface area contributed by atoms with Gasteiger partial charge in [0.05, 0.1) is 9.79 Å². The number of rotatable bonds is 4. The third-order valence-electron chi connectivity index (χ3n) is 3.80. The third-order valence-corrected chi connectivity index (χ3v) is 5.58. The van der Waals surface area contributed by atoms with E-state index in [1.807, 2.05) is 0 Å². The summed E-state index contributed by atoms with van der Waals surface area (Å²) in [5, 5.41) is 54.8. The molecule has 2 aromatic rings. The van der Waals surface area contributed by atoms with Crippen molar-refractivity contribution in [3.8, 4) is 24.3 Å². The molecule has 0 bridgehead atoms. The maximum absolute atomic E-state index is 12.7. The SMILES string of the molecule is N#CC(C#N)=C(O)c1ccc(S(=O)(=O)c2ccc(C(O)=C(C#N)C#N)cc2)cc1. The highest BCUT2D eigenvalue weighted by Gasteiger charge is 2.19. The van der Waals surface area contributed by atoms with Gasteiger partial charge in [-0.2, -0.15) is 21.0 Å². The molecule has 2 rings (SSSR count). The Bertz CT molecular complexity index is 1160. The Kier molecular flexibility index (Phi) is 6.02. The normalized spacial score (nSPS) is 9.79. The van der Waals surface area contributed by atoms with Crippen molar-refractivity contribution in [3.05, 3.63) is 70.8 Å². The summed E-state index contributed by atoms with van der Waals surface area (Å²) in [6.45, 7) is 0. The van der Waals surface area contributed by atoms with E-state index in [1.165, 1.54) is 72.8 Å². The fraction of sp³-hybridized carbons (Fsp3) is 0. The molecule has 0 fully saturated rings. The van der Waals surface area contributed by atoms with Crippen molar-refractivity contribution in [2.24, 2.45) is 0 Å². The Hall–Kier alpha value is -4.57. The van der Waals surface area contributed by atoms with Gasteiger partial charge >= 0.3 is 0 Å². The second kappa shape index (κ2) is 8.41. The van der Waals surface area contributed by atoms with E-state index in [-0.39, 0.29) is 20.9 Å². The molecule has 2 aromatic carbocycles. The minimum atomic E-state index is -3.94. The van der Waals surface area contributed by atoms with Crippen molar-refractivity contribution < 1.29 is 18.6 Å². The molecule has 0 radical (unpaired) electrons. The Labute approximate surface area is 166 Å². The number of allylic oxidation sites excluding steroid dienone is 2. The molecule has 29 heavy (non-hydrogen) atoms. The van der Waals surface area contributed by atoms with Gasteiger partial charge in [0.1, 0.15) is 24.3 Å². The van der Waals surface area contributed by atoms with Crippen LogP contribution >= 0.6 is 0 Å². The second-order valence-electron chi connectivity index (χ2n) is 5.45. The number of hydrogen-bond donors (Lipinski definition) is 2. The predicted octanol–water partition coefficient (Wildman–Crippen LogP) is 3.15. The Morgan fingerprint density at radius 3 is 1.14 bits per heavy atom. The number of sulfone groups is 1. The topological polar surface area (TPSA) is 170 Å². The van der Waals surface area contributed by atoms with Crippen LogP contribution in [0.15, 0.2) is 69.5 Å². The minimum Gasteiger partial charge on any atom is -0.505 e. The van der Waals surface area contributed by atoms with E-state index in [9.17, 15) is 18.6 Å². The van der Waals surface area contributed by atoms with Crippen LogP contribution < -0.4 is 0 Å². The number of hydrogen-bond acceptors (Lipinski definition) is 8. The summed E-state index contributed by atoms with van der Waals surface area (Å²) in [6, 6.07) is 16.0. The lowest BCUT2D eigenvalue weighted by atomic mass is 10.1. The van der Waals surface area contributed by atoms with Crippen LogP contribution in [-0.4, -0.2) is 18.6 Å². The molecule has 0 saturated heterocycles. The first-order valence-electron chi connectivity index (χ1n) is 7.73. The highest BCUT2D eigenvalue weighted by Crippen LogP contribution is 2.25. The predicted molar refractivity (Wildman–Crippen MR) is 99.9 cm³/mol. The van der Waals surface area contributed by atoms with Crippen LogP contribution in [0.3, 0.4) is 0 Å². The minimum absolute atomic E-state index is 0.105. The number of nitrogens with zero attached hydrogens (tertiary/aromatic N) is 4. The van der Waals surface area contributed by atoms with Crippen LogP contribution in [0.4, 0.5) is 0 Å². The van der Waals surface area contributed by atoms with E-state index >= 15 is 0 Å². The monoisotopic (exact) mass is 402 g/mol. The lowest BCUT2D eigenvalue weighted by Crippen LogP contribution is -2.02. The van der Waals surface area contributed by atoms with Crippen LogP contribution in [0.5, 0.6) is 0 Å². The molecule has 0 aliphatic rings. The highest BCUT2D eigenvalue weighted by molar-refractivity contribution is 7.91. The summed E-state index contributed by atoms with van der Waals surface area (Å²) >= 11 is 0. The van der Waals surface area contributed by atoms with Crippen molar-refractivity contribution >= 4 is 21.4 Å². The largest absolute Gasteiger partial charge is 0.505 e. The third kappa shape index (κ3) is 4.07. The molecule has 0 saturated carbocycles. The molecule has 0 unspecified atom stereocenters. The van der Waals surface area contributed by atoms with Crippen molar-refractivity contribution in [1.82, 2.24) is 0 Å². The molecule has 0 heterocycles. The number of aliphatic hydroxyl groups is 2. The maximum atomic E-state index is 12.7. The first kappa shape index (κ1) is 20.7. The summed E-state index contributed by atoms with van der Waals surface area (Å²) in [5.41, 5.74) is -0.794. The first-order valence-corrected chi connectivity index (χ1v) is 9.21. The zero-order valence-corrected chi connectivity index (χ0v) is 15.3. The van der Waals surface area contributed by atoms with Crippen LogP contribution in [0.2, 0.25) is 0 Å². The fourth-order valence-corrected chi connectivity index (χ4v) is 3.53. The summed E-state index contributed by atoms with van der Waals surface area (Å²) in [7, 11) is -3.94. The Morgan fingerprint density at radius 1 is 0.621 bits per heavy atom. The second-order valence-corrected chi connectivity index (χ2v) is 7.40. The van der Waals surface area contributed by atoms with Crippen LogP contribution in [0.1, 0.15) is 11.1 Å². The lowest BCUT2D eigenvalue weighted by Gasteiger charge is -2.07. The molecule has 0 aliphatic carbocycles. The Balaban J connectivity index is 2.43. The smallest absolute Gasteiger partial charge is 0.206 e. The van der Waals surface area contributed by atoms with Gasteiger partial charge in [0.15, 0.2) is 22.7 Å². The van der Waals surface area contributed by atoms with E-state index in [2.05, 4.69) is 0 Å². The molecule has 8 nitrogen and oxygen atoms in total. The molecule has 0 aromatic heterocycles. The Morgan fingerprint density at radius 2 is 0.897 bits per heavy atom. The van der Waals surface area contributed by atoms with E-state index < -0.39 is 32.5 Å². The van der Waals surface area contributed by atoms with Gasteiger partial charge in [0.2, 0.25) is 9.84 Å². The van der Waals surface area contributed by atoms with Gasteiger partial charge in [-0.15, -0.1) is 0 Å². The number of benzene rings is 2. The average Bonchev–Trinajstić information content (AvgIpc) is 2.75. The molecule has 0 atom stereocenters. The fourth-order valence-electron chi connectivity index (χ4n) is 2.27. The number of nitriles is 4. The summed E-state index contributed by atoms with van der Waals surface area (Å²) in [6.07, 6.45) is 0. The molecular formula is C20H10N4O4S. The van der Waals surface area contributed by atoms with Gasteiger partial charge in [-0.25, -0.2) is 8.42 Å². The van der Waals surface area contributed by atoms with Crippen molar-refractivity contribution in [3.63, 3.8) is 0 Å². The molecule has 140 valence electrons. The van der Waals surface area contributed by atoms with Crippen molar-refractivity contribution in [2.45, 2.75) is 9.79 Å². The molecule has 0 spiro atoms. The van der Waals surface area contributed by atoms with Crippen molar-refractivity contribution in [1.29, 1.82) is 21.0 Å². The zero-order valence-electron chi connectivity index (χ0n) is 14.5. The van der Waals surface area contributed by atoms with Gasteiger partial charge < -0.3 is 10.2 Å². The summed E-state index contributed by atoms with van der Waals surface area (Å²) in [4.78, 5) is -0.210. The van der Waals surface area contributed by atoms with Gasteiger partial charge in [-0.1, -0.05) is 0 Å². The van der Waals surface area contributed by atoms with Crippen LogP contribution in [0, 0.1) is 45.3 Å². The summed E-state index contributed by atoms with van der Waals surface area (Å²) in [5.74, 6) is -1.12. The molecular weight excluding hydrogens is 392 g/mol. The van der Waals surface area contributed by atoms with Gasteiger partial charge in [-0.05, 0) is 48.5 Å². The molecule has 9 heteroatoms. The maximum Gasteiger partial charge on any atom is 0.206 e. The van der Waals surface area contributed by atoms with Crippen LogP contribution in [-0.2, 0) is 9.84 Å². The average molecular weight is 402 g/mol. The van der Waals surface area contributed by atoms with E-state index in [1.54, 1.807) is 0 Å². The zero-order chi connectivity index (χ0) is 21.6. The van der Waals surface area contributed by atoms with Crippen LogP contribution in [0.25, 0.3) is 11.5 Å². The summed E-state index contributed by atoms with van der Waals surface area (Å²) < 4.78 is 25.5. The quantitative estimate of drug-likeness (QED) is 0.580. The number of aliphatic hydroxyl groups excluding tert-OH is 2. The molecule has 0 amide bonds. The van der Waals surface area contributed by atoms with Gasteiger partial charge in [0.25, 0.3) is 0 Å². The lowest BCUT2D eigenvalue weighted by molar-refractivity contribution is 0.509. The standard InChI is InChI=1S/C20H10N4O4S/c21-9-15(10-22)19(25)13-1-5-17(6-2-13)29(27,28)18-7-3-14(4-8-18)20(26)16(11-23)12-24/h1-8,25-26H. The van der Waals surface area contributed by atoms with Gasteiger partial charge in [-0.3, -0.25) is 0 Å².